The Hall–Kier alpha value is -0.520. The predicted octanol–water partition coefficient (Wildman–Crippen LogP) is 5.27. The van der Waals surface area contributed by atoms with E-state index >= 15 is 0 Å². The molecule has 1 aliphatic heterocycles. The number of benzene rings is 1. The predicted molar refractivity (Wildman–Crippen MR) is 133 cm³/mol. The molecule has 8 heteroatoms. The molecule has 1 heterocycles. The van der Waals surface area contributed by atoms with Crippen molar-refractivity contribution in [3.05, 3.63) is 47.1 Å². The SMILES string of the molecule is CC1CC=C(Cl)C=C1NC(N=ICI)=Nc1ccc(N2CCNCC2)cc1. The highest BCUT2D eigenvalue weighted by atomic mass is 127. The van der Waals surface area contributed by atoms with Gasteiger partial charge in [-0.15, -0.1) is 0 Å². The van der Waals surface area contributed by atoms with Gasteiger partial charge in [0.2, 0.25) is 5.96 Å². The minimum absolute atomic E-state index is 0.254. The summed E-state index contributed by atoms with van der Waals surface area (Å²) in [6, 6.07) is 8.44. The van der Waals surface area contributed by atoms with Gasteiger partial charge in [0.05, 0.1) is 8.12 Å². The number of nitrogens with zero attached hydrogens (tertiary/aromatic N) is 3. The highest BCUT2D eigenvalue weighted by molar-refractivity contribution is 14.2. The highest BCUT2D eigenvalue weighted by Gasteiger charge is 2.15. The van der Waals surface area contributed by atoms with Gasteiger partial charge in [-0.3, -0.25) is 0 Å². The molecule has 0 aromatic heterocycles. The Kier molecular flexibility index (Phi) is 8.53. The average Bonchev–Trinajstić information content (AvgIpc) is 2.70. The van der Waals surface area contributed by atoms with E-state index in [-0.39, 0.29) is 21.0 Å². The maximum absolute atomic E-state index is 6.19. The molecule has 0 amide bonds. The van der Waals surface area contributed by atoms with Gasteiger partial charge in [-0.2, -0.15) is 3.15 Å². The lowest BCUT2D eigenvalue weighted by atomic mass is 9.99. The minimum Gasteiger partial charge on any atom is -0.369 e. The lowest BCUT2D eigenvalue weighted by Gasteiger charge is -2.29. The summed E-state index contributed by atoms with van der Waals surface area (Å²) in [5.41, 5.74) is 3.25. The number of anilines is 1. The summed E-state index contributed by atoms with van der Waals surface area (Å²) in [4.78, 5) is 7.17. The number of piperazine rings is 1. The third-order valence-corrected chi connectivity index (χ3v) is 7.55. The first-order valence-electron chi connectivity index (χ1n) is 9.00. The van der Waals surface area contributed by atoms with E-state index in [0.29, 0.717) is 11.9 Å². The average molecular weight is 612 g/mol. The lowest BCUT2D eigenvalue weighted by Crippen LogP contribution is -2.43. The first-order valence-corrected chi connectivity index (χ1v) is 13.4. The molecule has 1 saturated heterocycles. The van der Waals surface area contributed by atoms with Crippen LogP contribution >= 0.6 is 55.2 Å². The van der Waals surface area contributed by atoms with Gasteiger partial charge in [-0.05, 0) is 42.7 Å². The molecule has 1 fully saturated rings. The van der Waals surface area contributed by atoms with Crippen LogP contribution in [-0.2, 0) is 0 Å². The second-order valence-electron chi connectivity index (χ2n) is 6.44. The molecule has 1 aromatic rings. The van der Waals surface area contributed by atoms with E-state index in [9.17, 15) is 0 Å². The summed E-state index contributed by atoms with van der Waals surface area (Å²) < 4.78 is 5.79. The first-order chi connectivity index (χ1) is 13.2. The van der Waals surface area contributed by atoms with Gasteiger partial charge in [0.15, 0.2) is 0 Å². The maximum Gasteiger partial charge on any atom is 0.232 e. The molecule has 1 unspecified atom stereocenters. The van der Waals surface area contributed by atoms with E-state index in [1.165, 1.54) is 5.69 Å². The molecule has 0 saturated carbocycles. The summed E-state index contributed by atoms with van der Waals surface area (Å²) >= 11 is 8.31. The zero-order chi connectivity index (χ0) is 19.1. The molecule has 1 atom stereocenters. The number of aliphatic imine (C=N–C) groups is 1. The molecule has 146 valence electrons. The standard InChI is InChI=1S/C19H24ClI2N5/c1-14-2-3-15(20)12-18(14)25-19(26-22-13-21)24-16-4-6-17(7-5-16)27-10-8-23-9-11-27/h3-7,12,14,23H,2,8-11,13H2,1H3,(H,24,25). The highest BCUT2D eigenvalue weighted by Crippen LogP contribution is 2.25. The van der Waals surface area contributed by atoms with Gasteiger partial charge in [0.1, 0.15) is 0 Å². The van der Waals surface area contributed by atoms with Crippen molar-refractivity contribution < 1.29 is 0 Å². The second kappa shape index (κ2) is 10.9. The smallest absolute Gasteiger partial charge is 0.232 e. The number of hydrogen-bond acceptors (Lipinski definition) is 3. The number of hydrogen-bond donors (Lipinski definition) is 2. The van der Waals surface area contributed by atoms with Gasteiger partial charge in [0.25, 0.3) is 0 Å². The Morgan fingerprint density at radius 1 is 1.33 bits per heavy atom. The zero-order valence-electron chi connectivity index (χ0n) is 15.3. The molecule has 1 aromatic carbocycles. The fraction of sp³-hybridized carbons (Fsp3) is 0.421. The van der Waals surface area contributed by atoms with Gasteiger partial charge in [0, 0.05) is 63.6 Å². The van der Waals surface area contributed by atoms with Gasteiger partial charge < -0.3 is 15.5 Å². The second-order valence-corrected chi connectivity index (χ2v) is 12.5. The quantitative estimate of drug-likeness (QED) is 0.211. The largest absolute Gasteiger partial charge is 0.369 e. The Morgan fingerprint density at radius 3 is 2.78 bits per heavy atom. The third-order valence-electron chi connectivity index (χ3n) is 4.50. The van der Waals surface area contributed by atoms with Crippen molar-refractivity contribution >= 4 is 72.6 Å². The van der Waals surface area contributed by atoms with Crippen molar-refractivity contribution in [2.45, 2.75) is 13.3 Å². The van der Waals surface area contributed by atoms with Crippen LogP contribution in [0, 0.1) is 5.92 Å². The Labute approximate surface area is 190 Å². The zero-order valence-corrected chi connectivity index (χ0v) is 20.3. The molecule has 3 rings (SSSR count). The summed E-state index contributed by atoms with van der Waals surface area (Å²) in [6.45, 7) is 6.36. The number of rotatable bonds is 4. The summed E-state index contributed by atoms with van der Waals surface area (Å²) in [6.07, 6.45) is 4.97. The summed E-state index contributed by atoms with van der Waals surface area (Å²) in [5.74, 6) is 1.08. The van der Waals surface area contributed by atoms with Crippen LogP contribution in [0.25, 0.3) is 0 Å². The van der Waals surface area contributed by atoms with E-state index in [4.69, 9.17) is 19.7 Å². The van der Waals surface area contributed by atoms with Crippen molar-refractivity contribution in [2.75, 3.05) is 33.5 Å². The van der Waals surface area contributed by atoms with E-state index in [2.05, 4.69) is 75.4 Å². The van der Waals surface area contributed by atoms with E-state index in [1.54, 1.807) is 0 Å². The van der Waals surface area contributed by atoms with Crippen molar-refractivity contribution in [1.29, 1.82) is 0 Å². The minimum atomic E-state index is -0.254. The molecule has 5 nitrogen and oxygen atoms in total. The number of alkyl halides is 2. The first kappa shape index (κ1) is 21.2. The fourth-order valence-electron chi connectivity index (χ4n) is 2.98. The number of allylic oxidation sites excluding steroid dienone is 4. The van der Waals surface area contributed by atoms with Crippen molar-refractivity contribution in [1.82, 2.24) is 10.6 Å². The van der Waals surface area contributed by atoms with Crippen molar-refractivity contribution in [3.8, 4) is 0 Å². The molecule has 27 heavy (non-hydrogen) atoms. The van der Waals surface area contributed by atoms with Crippen LogP contribution in [-0.4, -0.2) is 34.6 Å². The van der Waals surface area contributed by atoms with Crippen LogP contribution in [0.15, 0.2) is 55.3 Å². The van der Waals surface area contributed by atoms with Crippen molar-refractivity contribution in [3.63, 3.8) is 0 Å². The van der Waals surface area contributed by atoms with Crippen LogP contribution < -0.4 is 15.5 Å². The maximum atomic E-state index is 6.19. The molecular formula is C19H24ClI2N5. The Morgan fingerprint density at radius 2 is 2.07 bits per heavy atom. The topological polar surface area (TPSA) is 52.0 Å². The lowest BCUT2D eigenvalue weighted by molar-refractivity contribution is 0.589. The van der Waals surface area contributed by atoms with Gasteiger partial charge in [-0.25, -0.2) is 4.99 Å². The Balaban J connectivity index is 1.76. The number of nitrogens with one attached hydrogen (secondary N) is 2. The summed E-state index contributed by atoms with van der Waals surface area (Å²) in [7, 11) is 0. The van der Waals surface area contributed by atoms with Crippen LogP contribution in [0.2, 0.25) is 0 Å². The van der Waals surface area contributed by atoms with E-state index in [0.717, 1.165) is 51.5 Å². The number of halogens is 3. The van der Waals surface area contributed by atoms with Crippen LogP contribution in [0.4, 0.5) is 11.4 Å². The molecule has 2 aliphatic rings. The molecular weight excluding hydrogens is 588 g/mol. The van der Waals surface area contributed by atoms with Gasteiger partial charge >= 0.3 is 0 Å². The third kappa shape index (κ3) is 6.50. The number of guanidine groups is 1. The fourth-order valence-corrected chi connectivity index (χ4v) is 4.74. The molecule has 0 spiro atoms. The van der Waals surface area contributed by atoms with Crippen LogP contribution in [0.3, 0.4) is 0 Å². The van der Waals surface area contributed by atoms with Crippen molar-refractivity contribution in [2.24, 2.45) is 14.1 Å². The Bertz CT molecular complexity index is 752. The van der Waals surface area contributed by atoms with Gasteiger partial charge in [-0.1, -0.05) is 47.2 Å². The summed E-state index contributed by atoms with van der Waals surface area (Å²) in [5, 5.41) is 7.59. The monoisotopic (exact) mass is 611 g/mol. The molecule has 2 N–H and O–H groups in total. The normalized spacial score (nSPS) is 21.5. The van der Waals surface area contributed by atoms with Crippen LogP contribution in [0.1, 0.15) is 13.3 Å². The van der Waals surface area contributed by atoms with E-state index < -0.39 is 0 Å². The molecule has 0 radical (unpaired) electrons. The molecule has 0 bridgehead atoms. The van der Waals surface area contributed by atoms with Crippen LogP contribution in [0.5, 0.6) is 0 Å². The molecule has 1 aliphatic carbocycles. The van der Waals surface area contributed by atoms with E-state index in [1.807, 2.05) is 6.08 Å².